The highest BCUT2D eigenvalue weighted by atomic mass is 32.2. The van der Waals surface area contributed by atoms with Crippen molar-refractivity contribution in [1.29, 1.82) is 0 Å². The van der Waals surface area contributed by atoms with E-state index in [9.17, 15) is 13.2 Å². The molecule has 7 nitrogen and oxygen atoms in total. The summed E-state index contributed by atoms with van der Waals surface area (Å²) in [6.07, 6.45) is 1.01. The largest absolute Gasteiger partial charge is 0.486 e. The van der Waals surface area contributed by atoms with Gasteiger partial charge in [-0.1, -0.05) is 12.1 Å². The van der Waals surface area contributed by atoms with Crippen molar-refractivity contribution in [2.45, 2.75) is 44.6 Å². The van der Waals surface area contributed by atoms with Gasteiger partial charge in [0, 0.05) is 19.0 Å². The molecule has 0 saturated carbocycles. The number of piperidine rings is 1. The number of nitrogens with one attached hydrogen (secondary N) is 1. The van der Waals surface area contributed by atoms with Crippen molar-refractivity contribution in [3.63, 3.8) is 0 Å². The molecule has 0 bridgehead atoms. The molecule has 1 saturated heterocycles. The number of hydrogen-bond donors (Lipinski definition) is 1. The van der Waals surface area contributed by atoms with Crippen molar-refractivity contribution in [1.82, 2.24) is 9.62 Å². The highest BCUT2D eigenvalue weighted by Gasteiger charge is 2.32. The van der Waals surface area contributed by atoms with Gasteiger partial charge in [0.25, 0.3) is 0 Å². The van der Waals surface area contributed by atoms with E-state index in [0.717, 1.165) is 22.4 Å². The van der Waals surface area contributed by atoms with E-state index in [0.29, 0.717) is 49.8 Å². The molecule has 4 rings (SSSR count). The molecule has 32 heavy (non-hydrogen) atoms. The van der Waals surface area contributed by atoms with Crippen molar-refractivity contribution in [2.75, 3.05) is 26.3 Å². The molecule has 0 radical (unpaired) electrons. The lowest BCUT2D eigenvalue weighted by atomic mass is 9.96. The highest BCUT2D eigenvalue weighted by molar-refractivity contribution is 7.89. The second-order valence-electron chi connectivity index (χ2n) is 8.56. The van der Waals surface area contributed by atoms with Crippen molar-refractivity contribution in [3.8, 4) is 11.5 Å². The van der Waals surface area contributed by atoms with E-state index in [-0.39, 0.29) is 17.9 Å². The van der Waals surface area contributed by atoms with Crippen LogP contribution in [0.3, 0.4) is 0 Å². The van der Waals surface area contributed by atoms with Crippen molar-refractivity contribution >= 4 is 15.9 Å². The molecule has 2 aliphatic rings. The summed E-state index contributed by atoms with van der Waals surface area (Å²) in [5.74, 6) is 1.16. The number of hydrogen-bond acceptors (Lipinski definition) is 5. The first kappa shape index (κ1) is 22.6. The lowest BCUT2D eigenvalue weighted by Gasteiger charge is -2.31. The minimum Gasteiger partial charge on any atom is -0.486 e. The number of aryl methyl sites for hydroxylation is 2. The fraction of sp³-hybridized carbons (Fsp3) is 0.458. The van der Waals surface area contributed by atoms with Gasteiger partial charge in [0.2, 0.25) is 15.9 Å². The molecular formula is C24H30N2O5S. The Labute approximate surface area is 189 Å². The highest BCUT2D eigenvalue weighted by Crippen LogP contribution is 2.33. The Bertz CT molecular complexity index is 1110. The molecule has 2 aromatic rings. The lowest BCUT2D eigenvalue weighted by Crippen LogP contribution is -2.43. The normalized spacial score (nSPS) is 18.2. The minimum atomic E-state index is -3.55. The van der Waals surface area contributed by atoms with Gasteiger partial charge in [0.1, 0.15) is 13.2 Å². The molecule has 8 heteroatoms. The van der Waals surface area contributed by atoms with Crippen molar-refractivity contribution in [2.24, 2.45) is 5.92 Å². The monoisotopic (exact) mass is 458 g/mol. The zero-order chi connectivity index (χ0) is 22.9. The maximum absolute atomic E-state index is 13.0. The Morgan fingerprint density at radius 1 is 1.00 bits per heavy atom. The predicted molar refractivity (Wildman–Crippen MR) is 121 cm³/mol. The number of nitrogens with zero attached hydrogens (tertiary/aromatic N) is 1. The summed E-state index contributed by atoms with van der Waals surface area (Å²) in [7, 11) is -3.55. The second-order valence-corrected chi connectivity index (χ2v) is 10.5. The van der Waals surface area contributed by atoms with E-state index in [1.807, 2.05) is 45.0 Å². The summed E-state index contributed by atoms with van der Waals surface area (Å²) in [5, 5.41) is 3.07. The van der Waals surface area contributed by atoms with E-state index in [2.05, 4.69) is 5.32 Å². The van der Waals surface area contributed by atoms with Gasteiger partial charge in [0.15, 0.2) is 11.5 Å². The smallest absolute Gasteiger partial charge is 0.243 e. The van der Waals surface area contributed by atoms with Gasteiger partial charge < -0.3 is 14.8 Å². The molecule has 2 aliphatic heterocycles. The van der Waals surface area contributed by atoms with Crippen LogP contribution in [0.1, 0.15) is 42.5 Å². The Morgan fingerprint density at radius 3 is 2.38 bits per heavy atom. The number of amides is 1. The zero-order valence-electron chi connectivity index (χ0n) is 18.8. The molecule has 1 atom stereocenters. The number of sulfonamides is 1. The average Bonchev–Trinajstić information content (AvgIpc) is 2.80. The van der Waals surface area contributed by atoms with Gasteiger partial charge in [-0.3, -0.25) is 4.79 Å². The first-order valence-corrected chi connectivity index (χ1v) is 12.5. The van der Waals surface area contributed by atoms with Crippen molar-refractivity contribution < 1.29 is 22.7 Å². The number of rotatable bonds is 5. The molecule has 1 amide bonds. The van der Waals surface area contributed by atoms with E-state index in [1.54, 1.807) is 12.1 Å². The quantitative estimate of drug-likeness (QED) is 0.743. The number of benzene rings is 2. The minimum absolute atomic E-state index is 0.0457. The molecule has 2 aromatic carbocycles. The van der Waals surface area contributed by atoms with Crippen molar-refractivity contribution in [3.05, 3.63) is 53.1 Å². The molecule has 0 unspecified atom stereocenters. The summed E-state index contributed by atoms with van der Waals surface area (Å²) >= 11 is 0. The van der Waals surface area contributed by atoms with Gasteiger partial charge in [0.05, 0.1) is 10.9 Å². The Kier molecular flexibility index (Phi) is 6.44. The van der Waals surface area contributed by atoms with E-state index < -0.39 is 10.0 Å². The Balaban J connectivity index is 1.35. The van der Waals surface area contributed by atoms with Gasteiger partial charge in [-0.2, -0.15) is 4.31 Å². The van der Waals surface area contributed by atoms with Crippen LogP contribution in [0.15, 0.2) is 41.3 Å². The van der Waals surface area contributed by atoms with Crippen LogP contribution in [0.2, 0.25) is 0 Å². The van der Waals surface area contributed by atoms with Crippen LogP contribution in [0, 0.1) is 19.8 Å². The standard InChI is InChI=1S/C24H30N2O5S/c1-16-4-6-21(14-17(16)2)32(28,29)26-10-8-19(9-11-26)24(27)25-18(3)20-5-7-22-23(15-20)31-13-12-30-22/h4-7,14-15,18-19H,8-13H2,1-3H3,(H,25,27)/t18-/m1/s1. The molecule has 2 heterocycles. The summed E-state index contributed by atoms with van der Waals surface area (Å²) in [4.78, 5) is 13.2. The number of carbonyl (C=O) groups is 1. The predicted octanol–water partition coefficient (Wildman–Crippen LogP) is 3.35. The summed E-state index contributed by atoms with van der Waals surface area (Å²) < 4.78 is 38.7. The Hall–Kier alpha value is -2.58. The number of carbonyl (C=O) groups excluding carboxylic acids is 1. The molecule has 1 fully saturated rings. The summed E-state index contributed by atoms with van der Waals surface area (Å²) in [6, 6.07) is 10.7. The first-order valence-electron chi connectivity index (χ1n) is 11.0. The van der Waals surface area contributed by atoms with Crippen LogP contribution in [0.5, 0.6) is 11.5 Å². The van der Waals surface area contributed by atoms with Crippen LogP contribution in [0.4, 0.5) is 0 Å². The van der Waals surface area contributed by atoms with E-state index >= 15 is 0 Å². The van der Waals surface area contributed by atoms with Crippen LogP contribution >= 0.6 is 0 Å². The average molecular weight is 459 g/mol. The third kappa shape index (κ3) is 4.61. The molecule has 0 spiro atoms. The number of ether oxygens (including phenoxy) is 2. The van der Waals surface area contributed by atoms with Crippen LogP contribution in [-0.2, 0) is 14.8 Å². The zero-order valence-corrected chi connectivity index (χ0v) is 19.6. The van der Waals surface area contributed by atoms with Crippen LogP contribution in [0.25, 0.3) is 0 Å². The first-order chi connectivity index (χ1) is 15.3. The third-order valence-electron chi connectivity index (χ3n) is 6.37. The topological polar surface area (TPSA) is 84.9 Å². The van der Waals surface area contributed by atoms with Gasteiger partial charge in [-0.05, 0) is 74.6 Å². The van der Waals surface area contributed by atoms with Gasteiger partial charge in [-0.15, -0.1) is 0 Å². The fourth-order valence-corrected chi connectivity index (χ4v) is 5.68. The summed E-state index contributed by atoms with van der Waals surface area (Å²) in [5.41, 5.74) is 2.96. The molecule has 1 N–H and O–H groups in total. The maximum Gasteiger partial charge on any atom is 0.243 e. The maximum atomic E-state index is 13.0. The van der Waals surface area contributed by atoms with Gasteiger partial charge >= 0.3 is 0 Å². The van der Waals surface area contributed by atoms with Crippen LogP contribution < -0.4 is 14.8 Å². The SMILES string of the molecule is Cc1ccc(S(=O)(=O)N2CCC(C(=O)N[C@H](C)c3ccc4c(c3)OCCO4)CC2)cc1C. The fourth-order valence-electron chi connectivity index (χ4n) is 4.13. The second kappa shape index (κ2) is 9.11. The van der Waals surface area contributed by atoms with Gasteiger partial charge in [-0.25, -0.2) is 8.42 Å². The lowest BCUT2D eigenvalue weighted by molar-refractivity contribution is -0.126. The van der Waals surface area contributed by atoms with E-state index in [1.165, 1.54) is 4.31 Å². The summed E-state index contributed by atoms with van der Waals surface area (Å²) in [6.45, 7) is 7.53. The molecule has 172 valence electrons. The molecule has 0 aromatic heterocycles. The van der Waals surface area contributed by atoms with Crippen LogP contribution in [-0.4, -0.2) is 44.9 Å². The third-order valence-corrected chi connectivity index (χ3v) is 8.26. The molecule has 0 aliphatic carbocycles. The number of fused-ring (bicyclic) bond motifs is 1. The van der Waals surface area contributed by atoms with E-state index in [4.69, 9.17) is 9.47 Å². The molecular weight excluding hydrogens is 428 g/mol. The Morgan fingerprint density at radius 2 is 1.69 bits per heavy atom.